The molecule has 0 amide bonds. The Morgan fingerprint density at radius 1 is 1.43 bits per heavy atom. The van der Waals surface area contributed by atoms with E-state index in [0.717, 1.165) is 12.0 Å². The summed E-state index contributed by atoms with van der Waals surface area (Å²) >= 11 is 0. The molecule has 0 bridgehead atoms. The van der Waals surface area contributed by atoms with E-state index in [1.54, 1.807) is 0 Å². The lowest BCUT2D eigenvalue weighted by atomic mass is 9.91. The summed E-state index contributed by atoms with van der Waals surface area (Å²) in [6, 6.07) is 8.89. The number of aryl methyl sites for hydroxylation is 1. The molecular weight excluding hydrogens is 172 g/mol. The predicted octanol–water partition coefficient (Wildman–Crippen LogP) is 3.06. The number of aliphatic hydroxyl groups is 1. The largest absolute Gasteiger partial charge is 0.386 e. The van der Waals surface area contributed by atoms with Crippen LogP contribution in [0.5, 0.6) is 0 Å². The van der Waals surface area contributed by atoms with E-state index in [0.29, 0.717) is 0 Å². The minimum Gasteiger partial charge on any atom is -0.386 e. The standard InChI is InChI=1S/C13H19O/c1-4-5-8-11-9-6-7-10-12(11)13(2,3)14/h6,9-10,14H,4-5,8H2,1-3H3. The van der Waals surface area contributed by atoms with Gasteiger partial charge in [-0.2, -0.15) is 0 Å². The number of hydrogen-bond donors (Lipinski definition) is 1. The SMILES string of the molecule is CCCCc1cc[c]cc1C(C)(C)O. The van der Waals surface area contributed by atoms with Crippen LogP contribution in [0.2, 0.25) is 0 Å². The number of hydrogen-bond acceptors (Lipinski definition) is 1. The van der Waals surface area contributed by atoms with Crippen molar-refractivity contribution in [3.63, 3.8) is 0 Å². The maximum atomic E-state index is 9.95. The van der Waals surface area contributed by atoms with Gasteiger partial charge in [-0.3, -0.25) is 0 Å². The first-order chi connectivity index (χ1) is 6.55. The van der Waals surface area contributed by atoms with Crippen molar-refractivity contribution in [1.29, 1.82) is 0 Å². The number of unbranched alkanes of at least 4 members (excludes halogenated alkanes) is 1. The van der Waals surface area contributed by atoms with Gasteiger partial charge < -0.3 is 5.11 Å². The van der Waals surface area contributed by atoms with Crippen molar-refractivity contribution in [2.45, 2.75) is 45.6 Å². The van der Waals surface area contributed by atoms with Crippen LogP contribution >= 0.6 is 0 Å². The molecule has 1 aromatic rings. The molecule has 14 heavy (non-hydrogen) atoms. The minimum atomic E-state index is -0.749. The summed E-state index contributed by atoms with van der Waals surface area (Å²) in [4.78, 5) is 0. The second-order valence-electron chi connectivity index (χ2n) is 4.25. The van der Waals surface area contributed by atoms with Gasteiger partial charge in [0.05, 0.1) is 5.60 Å². The molecule has 1 radical (unpaired) electrons. The second-order valence-corrected chi connectivity index (χ2v) is 4.25. The van der Waals surface area contributed by atoms with Gasteiger partial charge in [0.15, 0.2) is 0 Å². The average Bonchev–Trinajstić information content (AvgIpc) is 2.14. The third-order valence-electron chi connectivity index (χ3n) is 2.41. The zero-order valence-electron chi connectivity index (χ0n) is 9.30. The van der Waals surface area contributed by atoms with Crippen molar-refractivity contribution in [1.82, 2.24) is 0 Å². The lowest BCUT2D eigenvalue weighted by Crippen LogP contribution is -2.17. The molecule has 0 heterocycles. The summed E-state index contributed by atoms with van der Waals surface area (Å²) in [5.41, 5.74) is 1.51. The van der Waals surface area contributed by atoms with E-state index in [4.69, 9.17) is 0 Å². The Labute approximate surface area is 86.8 Å². The topological polar surface area (TPSA) is 20.2 Å². The van der Waals surface area contributed by atoms with Gasteiger partial charge in [-0.25, -0.2) is 0 Å². The Morgan fingerprint density at radius 2 is 2.14 bits per heavy atom. The summed E-state index contributed by atoms with van der Waals surface area (Å²) in [7, 11) is 0. The van der Waals surface area contributed by atoms with Crippen molar-refractivity contribution >= 4 is 0 Å². The fourth-order valence-electron chi connectivity index (χ4n) is 1.62. The first kappa shape index (κ1) is 11.3. The third-order valence-corrected chi connectivity index (χ3v) is 2.41. The monoisotopic (exact) mass is 191 g/mol. The van der Waals surface area contributed by atoms with Gasteiger partial charge in [0, 0.05) is 0 Å². The zero-order valence-corrected chi connectivity index (χ0v) is 9.30. The van der Waals surface area contributed by atoms with Gasteiger partial charge >= 0.3 is 0 Å². The fourth-order valence-corrected chi connectivity index (χ4v) is 1.62. The van der Waals surface area contributed by atoms with Gasteiger partial charge in [0.2, 0.25) is 0 Å². The highest BCUT2D eigenvalue weighted by atomic mass is 16.3. The lowest BCUT2D eigenvalue weighted by molar-refractivity contribution is 0.0775. The van der Waals surface area contributed by atoms with Crippen LogP contribution in [0.25, 0.3) is 0 Å². The van der Waals surface area contributed by atoms with Gasteiger partial charge in [0.25, 0.3) is 0 Å². The van der Waals surface area contributed by atoms with E-state index in [-0.39, 0.29) is 0 Å². The van der Waals surface area contributed by atoms with Gasteiger partial charge in [-0.05, 0) is 49.9 Å². The van der Waals surface area contributed by atoms with Crippen LogP contribution in [0.15, 0.2) is 18.2 Å². The van der Waals surface area contributed by atoms with Crippen LogP contribution in [0.4, 0.5) is 0 Å². The quantitative estimate of drug-likeness (QED) is 0.775. The molecule has 77 valence electrons. The molecule has 1 aromatic carbocycles. The highest BCUT2D eigenvalue weighted by Crippen LogP contribution is 2.24. The summed E-state index contributed by atoms with van der Waals surface area (Å²) in [6.45, 7) is 5.83. The molecule has 1 nitrogen and oxygen atoms in total. The van der Waals surface area contributed by atoms with Crippen molar-refractivity contribution in [3.8, 4) is 0 Å². The van der Waals surface area contributed by atoms with Gasteiger partial charge in [0.1, 0.15) is 0 Å². The zero-order chi connectivity index (χ0) is 10.6. The fraction of sp³-hybridized carbons (Fsp3) is 0.538. The first-order valence-corrected chi connectivity index (χ1v) is 5.27. The molecule has 0 atom stereocenters. The van der Waals surface area contributed by atoms with E-state index >= 15 is 0 Å². The van der Waals surface area contributed by atoms with Crippen molar-refractivity contribution < 1.29 is 5.11 Å². The summed E-state index contributed by atoms with van der Waals surface area (Å²) < 4.78 is 0. The predicted molar refractivity (Wildman–Crippen MR) is 59.1 cm³/mol. The Bertz CT molecular complexity index is 284. The molecule has 0 spiro atoms. The molecule has 0 aliphatic heterocycles. The van der Waals surface area contributed by atoms with Crippen LogP contribution in [0, 0.1) is 6.07 Å². The van der Waals surface area contributed by atoms with Crippen molar-refractivity contribution in [2.75, 3.05) is 0 Å². The smallest absolute Gasteiger partial charge is 0.0843 e. The number of benzene rings is 1. The minimum absolute atomic E-state index is 0.749. The molecule has 0 unspecified atom stereocenters. The van der Waals surface area contributed by atoms with Crippen LogP contribution in [0.3, 0.4) is 0 Å². The summed E-state index contributed by atoms with van der Waals surface area (Å²) in [6.07, 6.45) is 3.40. The maximum absolute atomic E-state index is 9.95. The summed E-state index contributed by atoms with van der Waals surface area (Å²) in [5.74, 6) is 0. The third kappa shape index (κ3) is 2.85. The number of rotatable bonds is 4. The van der Waals surface area contributed by atoms with Crippen LogP contribution in [0.1, 0.15) is 44.7 Å². The van der Waals surface area contributed by atoms with Gasteiger partial charge in [-0.1, -0.05) is 25.5 Å². The molecule has 0 fully saturated rings. The van der Waals surface area contributed by atoms with Crippen molar-refractivity contribution in [2.24, 2.45) is 0 Å². The van der Waals surface area contributed by atoms with E-state index in [9.17, 15) is 5.11 Å². The molecular formula is C13H19O. The summed E-state index contributed by atoms with van der Waals surface area (Å²) in [5, 5.41) is 9.95. The second kappa shape index (κ2) is 4.61. The van der Waals surface area contributed by atoms with Crippen LogP contribution in [-0.4, -0.2) is 5.11 Å². The lowest BCUT2D eigenvalue weighted by Gasteiger charge is -2.21. The van der Waals surface area contributed by atoms with Crippen molar-refractivity contribution in [3.05, 3.63) is 35.4 Å². The van der Waals surface area contributed by atoms with E-state index < -0.39 is 5.60 Å². The highest BCUT2D eigenvalue weighted by molar-refractivity contribution is 5.30. The van der Waals surface area contributed by atoms with E-state index in [1.807, 2.05) is 26.0 Å². The van der Waals surface area contributed by atoms with E-state index in [2.05, 4.69) is 19.1 Å². The molecule has 0 aliphatic carbocycles. The molecule has 1 rings (SSSR count). The molecule has 1 heteroatoms. The normalized spacial score (nSPS) is 11.7. The Morgan fingerprint density at radius 3 is 2.71 bits per heavy atom. The van der Waals surface area contributed by atoms with E-state index in [1.165, 1.54) is 18.4 Å². The molecule has 1 N–H and O–H groups in total. The Kier molecular flexibility index (Phi) is 3.70. The van der Waals surface area contributed by atoms with Crippen LogP contribution in [-0.2, 0) is 12.0 Å². The highest BCUT2D eigenvalue weighted by Gasteiger charge is 2.18. The Balaban J connectivity index is 2.92. The maximum Gasteiger partial charge on any atom is 0.0843 e. The average molecular weight is 191 g/mol. The Hall–Kier alpha value is -0.820. The molecule has 0 saturated heterocycles. The first-order valence-electron chi connectivity index (χ1n) is 5.27. The molecule has 0 saturated carbocycles. The van der Waals surface area contributed by atoms with Gasteiger partial charge in [-0.15, -0.1) is 0 Å². The van der Waals surface area contributed by atoms with Crippen LogP contribution < -0.4 is 0 Å². The molecule has 0 aliphatic rings. The molecule has 0 aromatic heterocycles.